The van der Waals surface area contributed by atoms with Crippen LogP contribution in [0.5, 0.6) is 5.75 Å². The van der Waals surface area contributed by atoms with Crippen LogP contribution in [0.15, 0.2) is 18.2 Å². The summed E-state index contributed by atoms with van der Waals surface area (Å²) in [5.41, 5.74) is 5.30. The first-order valence-electron chi connectivity index (χ1n) is 7.16. The van der Waals surface area contributed by atoms with E-state index in [0.717, 1.165) is 12.8 Å². The van der Waals surface area contributed by atoms with E-state index in [1.807, 2.05) is 20.8 Å². The number of nitrogen functional groups attached to an aromatic ring is 1. The molecule has 0 aromatic heterocycles. The first-order chi connectivity index (χ1) is 10.1. The van der Waals surface area contributed by atoms with Crippen molar-refractivity contribution >= 4 is 23.4 Å². The number of halogens is 1. The molecular formula is C16H23ClN2O3. The van der Waals surface area contributed by atoms with Crippen LogP contribution in [0.25, 0.3) is 0 Å². The number of aromatic hydroxyl groups is 1. The van der Waals surface area contributed by atoms with E-state index in [1.54, 1.807) is 0 Å². The molecule has 1 aliphatic rings. The maximum atomic E-state index is 11.2. The number of hydrogen-bond donors (Lipinski definition) is 3. The van der Waals surface area contributed by atoms with Gasteiger partial charge in [0, 0.05) is 5.56 Å². The van der Waals surface area contributed by atoms with Gasteiger partial charge in [-0.05, 0) is 51.8 Å². The molecule has 1 aromatic carbocycles. The van der Waals surface area contributed by atoms with E-state index < -0.39 is 0 Å². The van der Waals surface area contributed by atoms with Gasteiger partial charge in [-0.1, -0.05) is 18.0 Å². The summed E-state index contributed by atoms with van der Waals surface area (Å²) in [6.07, 6.45) is 3.23. The monoisotopic (exact) mass is 326 g/mol. The summed E-state index contributed by atoms with van der Waals surface area (Å²) in [6, 6.07) is 4.28. The van der Waals surface area contributed by atoms with Gasteiger partial charge in [0.2, 0.25) is 0 Å². The maximum absolute atomic E-state index is 11.2. The highest BCUT2D eigenvalue weighted by Crippen LogP contribution is 2.28. The van der Waals surface area contributed by atoms with Gasteiger partial charge in [0.05, 0.1) is 10.9 Å². The van der Waals surface area contributed by atoms with Crippen LogP contribution in [-0.4, -0.2) is 22.5 Å². The molecule has 0 aliphatic heterocycles. The lowest BCUT2D eigenvalue weighted by Crippen LogP contribution is -2.31. The Morgan fingerprint density at radius 2 is 2.00 bits per heavy atom. The number of hydrogen-bond acceptors (Lipinski definition) is 4. The minimum atomic E-state index is -0.313. The van der Waals surface area contributed by atoms with Crippen LogP contribution in [0.2, 0.25) is 5.02 Å². The minimum Gasteiger partial charge on any atom is -0.508 e. The standard InChI is InChI=1S/C9H16O2.C7H7ClN2O/c1-9(2,3)11-8(10)7-5-4-6-7;8-6-3-4(11)1-2-5(6)7(9)10/h7H,4-6H2,1-3H3;1-3,11H,(H3,9,10). The van der Waals surface area contributed by atoms with E-state index in [4.69, 9.17) is 32.6 Å². The molecule has 0 heterocycles. The normalized spacial score (nSPS) is 14.4. The molecule has 1 saturated carbocycles. The van der Waals surface area contributed by atoms with Crippen LogP contribution in [0.4, 0.5) is 0 Å². The molecule has 4 N–H and O–H groups in total. The Morgan fingerprint density at radius 1 is 1.41 bits per heavy atom. The highest BCUT2D eigenvalue weighted by molar-refractivity contribution is 6.34. The van der Waals surface area contributed by atoms with Crippen molar-refractivity contribution in [3.8, 4) is 5.75 Å². The van der Waals surface area contributed by atoms with Crippen LogP contribution in [0.1, 0.15) is 45.6 Å². The third kappa shape index (κ3) is 5.93. The lowest BCUT2D eigenvalue weighted by atomic mass is 9.85. The van der Waals surface area contributed by atoms with Crippen LogP contribution < -0.4 is 5.73 Å². The van der Waals surface area contributed by atoms with Gasteiger partial charge in [-0.3, -0.25) is 10.2 Å². The van der Waals surface area contributed by atoms with E-state index in [2.05, 4.69) is 0 Å². The second kappa shape index (κ2) is 7.49. The molecule has 0 bridgehead atoms. The van der Waals surface area contributed by atoms with Crippen molar-refractivity contribution in [1.29, 1.82) is 5.41 Å². The minimum absolute atomic E-state index is 0.0104. The highest BCUT2D eigenvalue weighted by atomic mass is 35.5. The number of nitrogens with one attached hydrogen (secondary N) is 1. The Kier molecular flexibility index (Phi) is 6.23. The summed E-state index contributed by atoms with van der Waals surface area (Å²) in [6.45, 7) is 5.72. The van der Waals surface area contributed by atoms with Crippen LogP contribution in [0.3, 0.4) is 0 Å². The van der Waals surface area contributed by atoms with Gasteiger partial charge in [-0.2, -0.15) is 0 Å². The van der Waals surface area contributed by atoms with Crippen molar-refractivity contribution in [2.75, 3.05) is 0 Å². The van der Waals surface area contributed by atoms with E-state index in [-0.39, 0.29) is 34.1 Å². The van der Waals surface area contributed by atoms with Gasteiger partial charge < -0.3 is 15.6 Å². The second-order valence-corrected chi connectivity index (χ2v) is 6.65. The lowest BCUT2D eigenvalue weighted by molar-refractivity contribution is -0.162. The van der Waals surface area contributed by atoms with Crippen LogP contribution in [0, 0.1) is 11.3 Å². The molecular weight excluding hydrogens is 304 g/mol. The Morgan fingerprint density at radius 3 is 2.36 bits per heavy atom. The van der Waals surface area contributed by atoms with Gasteiger partial charge in [-0.25, -0.2) is 0 Å². The topological polar surface area (TPSA) is 96.4 Å². The SMILES string of the molecule is CC(C)(C)OC(=O)C1CCC1.N=C(N)c1ccc(O)cc1Cl. The van der Waals surface area contributed by atoms with Gasteiger partial charge >= 0.3 is 5.97 Å². The molecule has 0 spiro atoms. The molecule has 22 heavy (non-hydrogen) atoms. The molecule has 0 radical (unpaired) electrons. The molecule has 0 saturated heterocycles. The number of ether oxygens (including phenoxy) is 1. The number of esters is 1. The van der Waals surface area contributed by atoms with Crippen molar-refractivity contribution in [3.05, 3.63) is 28.8 Å². The number of rotatable bonds is 2. The molecule has 1 aliphatic carbocycles. The fourth-order valence-corrected chi connectivity index (χ4v) is 2.03. The van der Waals surface area contributed by atoms with Crippen molar-refractivity contribution in [1.82, 2.24) is 0 Å². The van der Waals surface area contributed by atoms with Gasteiger partial charge in [0.25, 0.3) is 0 Å². The van der Waals surface area contributed by atoms with Crippen molar-refractivity contribution in [2.24, 2.45) is 11.7 Å². The first kappa shape index (κ1) is 18.3. The maximum Gasteiger partial charge on any atom is 0.309 e. The molecule has 2 rings (SSSR count). The van der Waals surface area contributed by atoms with Crippen LogP contribution in [-0.2, 0) is 9.53 Å². The summed E-state index contributed by atoms with van der Waals surface area (Å²) < 4.78 is 5.20. The molecule has 122 valence electrons. The number of benzene rings is 1. The fourth-order valence-electron chi connectivity index (χ4n) is 1.75. The zero-order valence-electron chi connectivity index (χ0n) is 13.1. The van der Waals surface area contributed by atoms with E-state index in [9.17, 15) is 4.79 Å². The fraction of sp³-hybridized carbons (Fsp3) is 0.500. The molecule has 1 fully saturated rings. The average Bonchev–Trinajstić information content (AvgIpc) is 2.23. The van der Waals surface area contributed by atoms with Crippen molar-refractivity contribution in [3.63, 3.8) is 0 Å². The predicted molar refractivity (Wildman–Crippen MR) is 87.3 cm³/mol. The highest BCUT2D eigenvalue weighted by Gasteiger charge is 2.29. The Hall–Kier alpha value is -1.75. The number of carbonyl (C=O) groups is 1. The van der Waals surface area contributed by atoms with Gasteiger partial charge in [0.15, 0.2) is 0 Å². The first-order valence-corrected chi connectivity index (χ1v) is 7.53. The quantitative estimate of drug-likeness (QED) is 0.440. The zero-order valence-corrected chi connectivity index (χ0v) is 13.9. The van der Waals surface area contributed by atoms with Crippen LogP contribution >= 0.6 is 11.6 Å². The largest absolute Gasteiger partial charge is 0.508 e. The number of amidine groups is 1. The number of phenolic OH excluding ortho intramolecular Hbond substituents is 1. The molecule has 6 heteroatoms. The average molecular weight is 327 g/mol. The summed E-state index contributed by atoms with van der Waals surface area (Å²) in [5.74, 6) is 0.160. The van der Waals surface area contributed by atoms with Crippen molar-refractivity contribution < 1.29 is 14.6 Å². The number of phenols is 1. The predicted octanol–water partition coefficient (Wildman–Crippen LogP) is 3.46. The molecule has 5 nitrogen and oxygen atoms in total. The van der Waals surface area contributed by atoms with Gasteiger partial charge in [0.1, 0.15) is 17.2 Å². The third-order valence-corrected chi connectivity index (χ3v) is 3.40. The van der Waals surface area contributed by atoms with Gasteiger partial charge in [-0.15, -0.1) is 0 Å². The van der Waals surface area contributed by atoms with E-state index in [0.29, 0.717) is 5.56 Å². The summed E-state index contributed by atoms with van der Waals surface area (Å²) >= 11 is 5.64. The summed E-state index contributed by atoms with van der Waals surface area (Å²) in [5, 5.41) is 16.3. The smallest absolute Gasteiger partial charge is 0.309 e. The Bertz CT molecular complexity index is 549. The molecule has 0 unspecified atom stereocenters. The Labute approximate surface area is 135 Å². The van der Waals surface area contributed by atoms with Crippen molar-refractivity contribution in [2.45, 2.75) is 45.6 Å². The van der Waals surface area contributed by atoms with E-state index in [1.165, 1.54) is 24.6 Å². The zero-order chi connectivity index (χ0) is 16.9. The molecule has 0 amide bonds. The third-order valence-electron chi connectivity index (χ3n) is 3.09. The number of carbonyl (C=O) groups excluding carboxylic acids is 1. The summed E-state index contributed by atoms with van der Waals surface area (Å²) in [7, 11) is 0. The lowest BCUT2D eigenvalue weighted by Gasteiger charge is -2.28. The second-order valence-electron chi connectivity index (χ2n) is 6.24. The van der Waals surface area contributed by atoms with E-state index >= 15 is 0 Å². The molecule has 1 aromatic rings. The summed E-state index contributed by atoms with van der Waals surface area (Å²) in [4.78, 5) is 11.2. The Balaban J connectivity index is 0.000000220. The number of nitrogens with two attached hydrogens (primary N) is 1. The molecule has 0 atom stereocenters.